The molecule has 1 heterocycles. The number of aromatic nitrogens is 1. The van der Waals surface area contributed by atoms with E-state index in [1.54, 1.807) is 17.4 Å². The summed E-state index contributed by atoms with van der Waals surface area (Å²) >= 11 is 8.17. The SMILES string of the molecule is CCCCCCCCCCCCCCOc1c(Cl)cccc1NC(=O)c1ccccc1C[n+]1csc(C)c1.[Br-]. The number of nitrogens with one attached hydrogen (secondary N) is 1. The summed E-state index contributed by atoms with van der Waals surface area (Å²) in [5.74, 6) is 0.386. The minimum Gasteiger partial charge on any atom is -1.00 e. The molecule has 0 fully saturated rings. The van der Waals surface area contributed by atoms with Crippen molar-refractivity contribution in [2.75, 3.05) is 11.9 Å². The van der Waals surface area contributed by atoms with E-state index in [-0.39, 0.29) is 22.9 Å². The smallest absolute Gasteiger partial charge is 0.256 e. The van der Waals surface area contributed by atoms with Crippen molar-refractivity contribution in [2.24, 2.45) is 0 Å². The van der Waals surface area contributed by atoms with Gasteiger partial charge in [0.1, 0.15) is 0 Å². The number of thiazole rings is 1. The first-order valence-electron chi connectivity index (χ1n) is 14.3. The Labute approximate surface area is 254 Å². The Balaban J connectivity index is 0.00000533. The number of ether oxygens (including phenoxy) is 1. The highest BCUT2D eigenvalue weighted by atomic mass is 79.9. The van der Waals surface area contributed by atoms with Crippen LogP contribution in [-0.2, 0) is 6.54 Å². The van der Waals surface area contributed by atoms with Gasteiger partial charge in [0, 0.05) is 11.1 Å². The normalized spacial score (nSPS) is 10.7. The fourth-order valence-electron chi connectivity index (χ4n) is 4.67. The average Bonchev–Trinajstić information content (AvgIpc) is 3.32. The molecule has 2 aromatic carbocycles. The van der Waals surface area contributed by atoms with E-state index in [1.165, 1.54) is 69.1 Å². The molecular weight excluding hydrogens is 592 g/mol. The number of carbonyl (C=O) groups is 1. The van der Waals surface area contributed by atoms with Crippen LogP contribution in [0.1, 0.15) is 105 Å². The third kappa shape index (κ3) is 12.0. The number of carbonyl (C=O) groups excluding carboxylic acids is 1. The van der Waals surface area contributed by atoms with Crippen LogP contribution in [0.4, 0.5) is 5.69 Å². The second-order valence-electron chi connectivity index (χ2n) is 10.1. The highest BCUT2D eigenvalue weighted by molar-refractivity contribution is 7.09. The zero-order valence-electron chi connectivity index (χ0n) is 23.5. The van der Waals surface area contributed by atoms with Crippen LogP contribution in [0, 0.1) is 6.92 Å². The number of halogens is 2. The predicted molar refractivity (Wildman–Crippen MR) is 161 cm³/mol. The summed E-state index contributed by atoms with van der Waals surface area (Å²) in [5, 5.41) is 3.55. The van der Waals surface area contributed by atoms with Crippen molar-refractivity contribution in [1.82, 2.24) is 0 Å². The fourth-order valence-corrected chi connectivity index (χ4v) is 5.53. The summed E-state index contributed by atoms with van der Waals surface area (Å²) in [4.78, 5) is 14.5. The highest BCUT2D eigenvalue weighted by Crippen LogP contribution is 2.33. The van der Waals surface area contributed by atoms with E-state index in [0.29, 0.717) is 35.2 Å². The lowest BCUT2D eigenvalue weighted by atomic mass is 10.1. The number of para-hydroxylation sites is 1. The van der Waals surface area contributed by atoms with Gasteiger partial charge >= 0.3 is 0 Å². The standard InChI is InChI=1S/C32H43ClN2O2S.BrH/c1-3-4-5-6-7-8-9-10-11-12-13-16-22-37-31-29(33)20-17-21-30(31)34-32(36)28-19-15-14-18-27(28)24-35-23-26(2)38-25-35;/h14-15,17-21,23,25H,3-13,16,22,24H2,1-2H3;1H. The minimum atomic E-state index is -0.161. The van der Waals surface area contributed by atoms with Gasteiger partial charge in [0.15, 0.2) is 18.5 Å². The van der Waals surface area contributed by atoms with Crippen LogP contribution < -0.4 is 31.6 Å². The molecule has 0 saturated carbocycles. The zero-order chi connectivity index (χ0) is 27.0. The first-order chi connectivity index (χ1) is 18.6. The highest BCUT2D eigenvalue weighted by Gasteiger charge is 2.18. The Morgan fingerprint density at radius 2 is 1.54 bits per heavy atom. The molecule has 0 aliphatic carbocycles. The molecule has 0 spiro atoms. The molecule has 0 atom stereocenters. The maximum atomic E-state index is 13.3. The number of unbranched alkanes of at least 4 members (excludes halogenated alkanes) is 11. The van der Waals surface area contributed by atoms with Gasteiger partial charge in [-0.3, -0.25) is 4.79 Å². The fraction of sp³-hybridized carbons (Fsp3) is 0.500. The number of anilines is 1. The van der Waals surface area contributed by atoms with Gasteiger partial charge in [0.25, 0.3) is 5.91 Å². The van der Waals surface area contributed by atoms with E-state index in [9.17, 15) is 4.79 Å². The average molecular weight is 636 g/mol. The predicted octanol–water partition coefficient (Wildman–Crippen LogP) is 6.38. The third-order valence-electron chi connectivity index (χ3n) is 6.80. The van der Waals surface area contributed by atoms with E-state index in [1.807, 2.05) is 36.4 Å². The molecule has 0 bridgehead atoms. The van der Waals surface area contributed by atoms with Gasteiger partial charge in [-0.2, -0.15) is 4.57 Å². The van der Waals surface area contributed by atoms with Crippen LogP contribution in [0.15, 0.2) is 54.2 Å². The molecule has 1 amide bonds. The Morgan fingerprint density at radius 3 is 2.18 bits per heavy atom. The second kappa shape index (κ2) is 19.2. The molecule has 39 heavy (non-hydrogen) atoms. The van der Waals surface area contributed by atoms with Gasteiger partial charge in [-0.15, -0.1) is 0 Å². The number of benzene rings is 2. The molecule has 214 valence electrons. The summed E-state index contributed by atoms with van der Waals surface area (Å²) < 4.78 is 8.18. The van der Waals surface area contributed by atoms with E-state index in [4.69, 9.17) is 16.3 Å². The van der Waals surface area contributed by atoms with Crippen molar-refractivity contribution in [2.45, 2.75) is 97.4 Å². The van der Waals surface area contributed by atoms with E-state index in [2.05, 4.69) is 35.4 Å². The van der Waals surface area contributed by atoms with Crippen LogP contribution in [0.5, 0.6) is 5.75 Å². The van der Waals surface area contributed by atoms with Crippen molar-refractivity contribution >= 4 is 34.5 Å². The van der Waals surface area contributed by atoms with E-state index >= 15 is 0 Å². The van der Waals surface area contributed by atoms with Crippen molar-refractivity contribution in [3.05, 3.63) is 75.2 Å². The first-order valence-corrected chi connectivity index (χ1v) is 15.6. The van der Waals surface area contributed by atoms with Gasteiger partial charge in [0.05, 0.1) is 22.2 Å². The first kappa shape index (κ1) is 33.3. The molecule has 0 unspecified atom stereocenters. The lowest BCUT2D eigenvalue weighted by Crippen LogP contribution is -3.00. The van der Waals surface area contributed by atoms with Gasteiger partial charge in [-0.05, 0) is 31.5 Å². The zero-order valence-corrected chi connectivity index (χ0v) is 26.7. The van der Waals surface area contributed by atoms with Gasteiger partial charge in [0.2, 0.25) is 5.51 Å². The molecule has 1 aromatic heterocycles. The molecule has 0 saturated heterocycles. The molecule has 0 aliphatic rings. The molecule has 7 heteroatoms. The van der Waals surface area contributed by atoms with Crippen LogP contribution in [0.2, 0.25) is 5.02 Å². The maximum absolute atomic E-state index is 13.3. The molecule has 1 N–H and O–H groups in total. The molecule has 3 aromatic rings. The molecular formula is C32H44BrClN2O2S. The summed E-state index contributed by atoms with van der Waals surface area (Å²) in [5.41, 5.74) is 4.29. The third-order valence-corrected chi connectivity index (χ3v) is 7.95. The summed E-state index contributed by atoms with van der Waals surface area (Å²) in [6.45, 7) is 5.59. The van der Waals surface area contributed by atoms with Crippen LogP contribution in [0.3, 0.4) is 0 Å². The molecule has 0 radical (unpaired) electrons. The van der Waals surface area contributed by atoms with Crippen molar-refractivity contribution < 1.29 is 31.1 Å². The van der Waals surface area contributed by atoms with Gasteiger partial charge in [-0.1, -0.05) is 125 Å². The van der Waals surface area contributed by atoms with E-state index in [0.717, 1.165) is 18.4 Å². The molecule has 3 rings (SSSR count). The lowest BCUT2D eigenvalue weighted by Gasteiger charge is -2.15. The number of hydrogen-bond acceptors (Lipinski definition) is 3. The van der Waals surface area contributed by atoms with Crippen molar-refractivity contribution in [1.29, 1.82) is 0 Å². The summed E-state index contributed by atoms with van der Waals surface area (Å²) in [7, 11) is 0. The number of hydrogen-bond donors (Lipinski definition) is 1. The number of nitrogens with zero attached hydrogens (tertiary/aromatic N) is 1. The summed E-state index contributed by atoms with van der Waals surface area (Å²) in [6.07, 6.45) is 17.7. The molecule has 0 aliphatic heterocycles. The Kier molecular flexibility index (Phi) is 16.4. The minimum absolute atomic E-state index is 0. The topological polar surface area (TPSA) is 42.2 Å². The van der Waals surface area contributed by atoms with Gasteiger partial charge in [-0.25, -0.2) is 0 Å². The lowest BCUT2D eigenvalue weighted by molar-refractivity contribution is -0.683. The van der Waals surface area contributed by atoms with Crippen molar-refractivity contribution in [3.8, 4) is 5.75 Å². The van der Waals surface area contributed by atoms with Crippen LogP contribution in [-0.4, -0.2) is 12.5 Å². The van der Waals surface area contributed by atoms with E-state index < -0.39 is 0 Å². The Hall–Kier alpha value is -1.89. The van der Waals surface area contributed by atoms with Gasteiger partial charge < -0.3 is 27.0 Å². The molecule has 4 nitrogen and oxygen atoms in total. The monoisotopic (exact) mass is 634 g/mol. The van der Waals surface area contributed by atoms with Crippen molar-refractivity contribution in [3.63, 3.8) is 0 Å². The van der Waals surface area contributed by atoms with Crippen LogP contribution >= 0.6 is 22.9 Å². The Bertz CT molecular complexity index is 1120. The number of rotatable bonds is 18. The van der Waals surface area contributed by atoms with Crippen LogP contribution in [0.25, 0.3) is 0 Å². The largest absolute Gasteiger partial charge is 1.00 e. The quantitative estimate of drug-likeness (QED) is 0.130. The second-order valence-corrected chi connectivity index (χ2v) is 11.6. The summed E-state index contributed by atoms with van der Waals surface area (Å²) in [6, 6.07) is 13.2. The maximum Gasteiger partial charge on any atom is 0.256 e. The number of amides is 1. The Morgan fingerprint density at radius 1 is 0.897 bits per heavy atom. The number of aryl methyl sites for hydroxylation is 1.